The van der Waals surface area contributed by atoms with Gasteiger partial charge in [-0.15, -0.1) is 0 Å². The lowest BCUT2D eigenvalue weighted by molar-refractivity contribution is 0.393. The molecule has 1 aliphatic heterocycles. The van der Waals surface area contributed by atoms with Gasteiger partial charge in [0.2, 0.25) is 11.4 Å². The molecule has 0 spiro atoms. The molecule has 182 valence electrons. The standard InChI is InChI=1S/C16H12N2O.C16H10N2O/c2*17-10-13-15(11-6-2-1-3-7-11)12-8-4-5-9-14(12)19-16(13)18/h1-9,15H,18H2;1-9,18H. The molecule has 1 atom stereocenters. The highest BCUT2D eigenvalue weighted by Gasteiger charge is 2.29. The summed E-state index contributed by atoms with van der Waals surface area (Å²) in [6.45, 7) is 0. The number of nitrogens with two attached hydrogens (primary N) is 1. The molecular weight excluding hydrogens is 472 g/mol. The first-order valence-corrected chi connectivity index (χ1v) is 11.9. The van der Waals surface area contributed by atoms with Crippen molar-refractivity contribution in [3.63, 3.8) is 0 Å². The number of hydrogen-bond acceptors (Lipinski definition) is 6. The maximum absolute atomic E-state index is 9.35. The number of fused-ring (bicyclic) bond motifs is 2. The molecule has 6 heteroatoms. The average Bonchev–Trinajstić information content (AvgIpc) is 2.97. The molecule has 0 aliphatic carbocycles. The van der Waals surface area contributed by atoms with Crippen LogP contribution in [0.1, 0.15) is 22.6 Å². The second kappa shape index (κ2) is 10.6. The number of allylic oxidation sites excluding steroid dienone is 1. The third-order valence-corrected chi connectivity index (χ3v) is 6.28. The van der Waals surface area contributed by atoms with Gasteiger partial charge in [0.05, 0.1) is 5.92 Å². The first-order chi connectivity index (χ1) is 18.6. The van der Waals surface area contributed by atoms with Crippen molar-refractivity contribution in [1.29, 1.82) is 15.9 Å². The zero-order valence-corrected chi connectivity index (χ0v) is 20.3. The molecule has 1 aliphatic rings. The SMILES string of the molecule is N#CC1=C(N)Oc2ccccc2C1c1ccccc1.N#Cc1c(-c2ccccc2)c2ccccc2oc1=N. The summed E-state index contributed by atoms with van der Waals surface area (Å²) in [4.78, 5) is 0. The van der Waals surface area contributed by atoms with Crippen LogP contribution in [0.2, 0.25) is 0 Å². The monoisotopic (exact) mass is 494 g/mol. The van der Waals surface area contributed by atoms with Gasteiger partial charge in [0.25, 0.3) is 0 Å². The number of rotatable bonds is 2. The van der Waals surface area contributed by atoms with E-state index in [1.807, 2.05) is 103 Å². The van der Waals surface area contributed by atoms with Crippen molar-refractivity contribution >= 4 is 11.0 Å². The Labute approximate surface area is 219 Å². The summed E-state index contributed by atoms with van der Waals surface area (Å²) in [7, 11) is 0. The zero-order chi connectivity index (χ0) is 26.5. The maximum Gasteiger partial charge on any atom is 0.230 e. The minimum Gasteiger partial charge on any atom is -0.440 e. The number of hydrogen-bond donors (Lipinski definition) is 2. The molecule has 1 unspecified atom stereocenters. The van der Waals surface area contributed by atoms with E-state index in [4.69, 9.17) is 20.3 Å². The van der Waals surface area contributed by atoms with Gasteiger partial charge < -0.3 is 14.9 Å². The van der Waals surface area contributed by atoms with Gasteiger partial charge in [0.15, 0.2) is 0 Å². The van der Waals surface area contributed by atoms with Crippen LogP contribution < -0.4 is 16.0 Å². The van der Waals surface area contributed by atoms with Crippen LogP contribution in [0.15, 0.2) is 125 Å². The minimum atomic E-state index is -0.156. The molecule has 0 saturated carbocycles. The van der Waals surface area contributed by atoms with Crippen LogP contribution >= 0.6 is 0 Å². The van der Waals surface area contributed by atoms with Crippen LogP contribution in [0.3, 0.4) is 0 Å². The number of nitrogens with zero attached hydrogens (tertiary/aromatic N) is 2. The zero-order valence-electron chi connectivity index (χ0n) is 20.3. The highest BCUT2D eigenvalue weighted by atomic mass is 16.5. The Morgan fingerprint density at radius 1 is 0.737 bits per heavy atom. The van der Waals surface area contributed by atoms with Crippen LogP contribution in [0, 0.1) is 28.1 Å². The van der Waals surface area contributed by atoms with Gasteiger partial charge in [-0.1, -0.05) is 97.1 Å². The maximum atomic E-state index is 9.35. The van der Waals surface area contributed by atoms with Crippen molar-refractivity contribution in [3.8, 4) is 29.0 Å². The Hall–Kier alpha value is -5.59. The first-order valence-electron chi connectivity index (χ1n) is 11.9. The van der Waals surface area contributed by atoms with E-state index in [-0.39, 0.29) is 22.9 Å². The Morgan fingerprint density at radius 2 is 1.37 bits per heavy atom. The predicted octanol–water partition coefficient (Wildman–Crippen LogP) is 6.36. The molecule has 5 aromatic rings. The predicted molar refractivity (Wildman–Crippen MR) is 144 cm³/mol. The summed E-state index contributed by atoms with van der Waals surface area (Å²) in [6.07, 6.45) is 0. The number of nitriles is 2. The van der Waals surface area contributed by atoms with Crippen molar-refractivity contribution in [3.05, 3.63) is 143 Å². The van der Waals surface area contributed by atoms with E-state index < -0.39 is 0 Å². The van der Waals surface area contributed by atoms with Crippen LogP contribution in [0.4, 0.5) is 0 Å². The van der Waals surface area contributed by atoms with Crippen LogP contribution in [0.5, 0.6) is 5.75 Å². The van der Waals surface area contributed by atoms with Crippen molar-refractivity contribution in [1.82, 2.24) is 0 Å². The Kier molecular flexibility index (Phi) is 6.71. The summed E-state index contributed by atoms with van der Waals surface area (Å²) in [6, 6.07) is 38.9. The third kappa shape index (κ3) is 4.51. The quantitative estimate of drug-likeness (QED) is 0.296. The first kappa shape index (κ1) is 24.1. The van der Waals surface area contributed by atoms with E-state index in [1.165, 1.54) is 0 Å². The third-order valence-electron chi connectivity index (χ3n) is 6.28. The summed E-state index contributed by atoms with van der Waals surface area (Å²) in [5.41, 5.74) is 10.8. The van der Waals surface area contributed by atoms with Gasteiger partial charge in [-0.2, -0.15) is 10.5 Å². The van der Waals surface area contributed by atoms with Gasteiger partial charge in [-0.25, -0.2) is 0 Å². The molecule has 0 amide bonds. The van der Waals surface area contributed by atoms with Gasteiger partial charge in [0, 0.05) is 16.5 Å². The second-order valence-electron chi connectivity index (χ2n) is 8.53. The fraction of sp³-hybridized carbons (Fsp3) is 0.0312. The van der Waals surface area contributed by atoms with Gasteiger partial charge in [0.1, 0.15) is 34.6 Å². The Balaban J connectivity index is 0.000000155. The van der Waals surface area contributed by atoms with E-state index >= 15 is 0 Å². The largest absolute Gasteiger partial charge is 0.440 e. The van der Waals surface area contributed by atoms with Gasteiger partial charge >= 0.3 is 0 Å². The van der Waals surface area contributed by atoms with E-state index in [0.29, 0.717) is 16.9 Å². The molecule has 4 aromatic carbocycles. The average molecular weight is 495 g/mol. The minimum absolute atomic E-state index is 0.0972. The van der Waals surface area contributed by atoms with Crippen molar-refractivity contribution in [2.45, 2.75) is 5.92 Å². The highest BCUT2D eigenvalue weighted by Crippen LogP contribution is 2.41. The smallest absolute Gasteiger partial charge is 0.230 e. The molecule has 0 bridgehead atoms. The Morgan fingerprint density at radius 3 is 2.08 bits per heavy atom. The molecule has 2 heterocycles. The van der Waals surface area contributed by atoms with Gasteiger partial charge in [-0.05, 0) is 23.3 Å². The normalized spacial score (nSPS) is 13.8. The fourth-order valence-corrected chi connectivity index (χ4v) is 4.58. The lowest BCUT2D eigenvalue weighted by Gasteiger charge is -2.26. The van der Waals surface area contributed by atoms with E-state index in [0.717, 1.165) is 27.6 Å². The Bertz CT molecular complexity index is 1790. The number of ether oxygens (including phenoxy) is 1. The van der Waals surface area contributed by atoms with E-state index in [2.05, 4.69) is 12.1 Å². The summed E-state index contributed by atoms with van der Waals surface area (Å²) < 4.78 is 10.9. The summed E-state index contributed by atoms with van der Waals surface area (Å²) in [5, 5.41) is 27.3. The highest BCUT2D eigenvalue weighted by molar-refractivity contribution is 5.95. The molecular formula is C32H22N4O2. The topological polar surface area (TPSA) is 120 Å². The van der Waals surface area contributed by atoms with E-state index in [1.54, 1.807) is 6.07 Å². The number of para-hydroxylation sites is 2. The molecule has 0 saturated heterocycles. The molecule has 0 radical (unpaired) electrons. The lowest BCUT2D eigenvalue weighted by atomic mass is 9.84. The number of nitrogens with one attached hydrogen (secondary N) is 1. The van der Waals surface area contributed by atoms with Crippen LogP contribution in [-0.4, -0.2) is 0 Å². The van der Waals surface area contributed by atoms with Crippen molar-refractivity contribution in [2.24, 2.45) is 5.73 Å². The molecule has 6 nitrogen and oxygen atoms in total. The molecule has 3 N–H and O–H groups in total. The summed E-state index contributed by atoms with van der Waals surface area (Å²) >= 11 is 0. The molecule has 1 aromatic heterocycles. The van der Waals surface area contributed by atoms with Crippen LogP contribution in [-0.2, 0) is 0 Å². The summed E-state index contributed by atoms with van der Waals surface area (Å²) in [5.74, 6) is 0.749. The molecule has 6 rings (SSSR count). The van der Waals surface area contributed by atoms with Crippen molar-refractivity contribution < 1.29 is 9.15 Å². The van der Waals surface area contributed by atoms with Gasteiger partial charge in [-0.3, -0.25) is 5.41 Å². The van der Waals surface area contributed by atoms with E-state index in [9.17, 15) is 10.5 Å². The second-order valence-corrected chi connectivity index (χ2v) is 8.53. The van der Waals surface area contributed by atoms with Crippen molar-refractivity contribution in [2.75, 3.05) is 0 Å². The fourth-order valence-electron chi connectivity index (χ4n) is 4.58. The van der Waals surface area contributed by atoms with Crippen LogP contribution in [0.25, 0.3) is 22.1 Å². The lowest BCUT2D eigenvalue weighted by Crippen LogP contribution is -2.20. The molecule has 0 fully saturated rings. The molecule has 38 heavy (non-hydrogen) atoms. The number of benzene rings is 4.